The first-order valence-electron chi connectivity index (χ1n) is 8.37. The Balaban J connectivity index is 1.34. The zero-order valence-electron chi connectivity index (χ0n) is 13.8. The molecule has 0 spiro atoms. The number of benzene rings is 1. The van der Waals surface area contributed by atoms with Gasteiger partial charge in [-0.05, 0) is 36.9 Å². The van der Waals surface area contributed by atoms with E-state index in [0.29, 0.717) is 5.92 Å². The van der Waals surface area contributed by atoms with Crippen molar-refractivity contribution in [1.82, 2.24) is 24.9 Å². The predicted molar refractivity (Wildman–Crippen MR) is 96.1 cm³/mol. The molecule has 1 atom stereocenters. The average Bonchev–Trinajstić information content (AvgIpc) is 3.34. The number of hydrogen-bond acceptors (Lipinski definition) is 5. The van der Waals surface area contributed by atoms with Crippen molar-refractivity contribution in [1.29, 1.82) is 0 Å². The molecule has 4 rings (SSSR count). The number of thiazole rings is 1. The maximum Gasteiger partial charge on any atom is 0.145 e. The van der Waals surface area contributed by atoms with Crippen LogP contribution in [0.4, 0.5) is 0 Å². The van der Waals surface area contributed by atoms with Gasteiger partial charge >= 0.3 is 0 Å². The van der Waals surface area contributed by atoms with E-state index >= 15 is 0 Å². The molecule has 3 heterocycles. The Bertz CT molecular complexity index is 795. The minimum Gasteiger partial charge on any atom is -0.301 e. The zero-order chi connectivity index (χ0) is 16.4. The molecule has 1 saturated heterocycles. The first kappa shape index (κ1) is 15.5. The summed E-state index contributed by atoms with van der Waals surface area (Å²) in [5, 5.41) is 11.3. The lowest BCUT2D eigenvalue weighted by molar-refractivity contribution is 0.310. The van der Waals surface area contributed by atoms with Crippen LogP contribution in [0.25, 0.3) is 10.7 Å². The molecular formula is C18H21N5S. The Hall–Kier alpha value is -2.05. The number of rotatable bonds is 5. The second-order valence-electron chi connectivity index (χ2n) is 6.35. The molecule has 24 heavy (non-hydrogen) atoms. The summed E-state index contributed by atoms with van der Waals surface area (Å²) in [6.07, 6.45) is 5.04. The summed E-state index contributed by atoms with van der Waals surface area (Å²) in [7, 11) is 0. The number of nitrogens with zero attached hydrogens (tertiary/aromatic N) is 5. The number of aromatic nitrogens is 4. The smallest absolute Gasteiger partial charge is 0.145 e. The van der Waals surface area contributed by atoms with Gasteiger partial charge in [0.05, 0.1) is 12.7 Å². The largest absolute Gasteiger partial charge is 0.301 e. The lowest BCUT2D eigenvalue weighted by Gasteiger charge is -2.17. The van der Waals surface area contributed by atoms with E-state index < -0.39 is 0 Å². The maximum absolute atomic E-state index is 4.28. The molecule has 1 aliphatic rings. The van der Waals surface area contributed by atoms with Gasteiger partial charge in [-0.2, -0.15) is 0 Å². The first-order chi connectivity index (χ1) is 11.8. The summed E-state index contributed by atoms with van der Waals surface area (Å²) < 4.78 is 1.93. The van der Waals surface area contributed by atoms with Crippen molar-refractivity contribution in [2.45, 2.75) is 25.8 Å². The van der Waals surface area contributed by atoms with Crippen LogP contribution in [0.1, 0.15) is 23.5 Å². The van der Waals surface area contributed by atoms with Crippen molar-refractivity contribution in [3.63, 3.8) is 0 Å². The molecule has 0 saturated carbocycles. The molecule has 1 aliphatic heterocycles. The highest BCUT2D eigenvalue weighted by molar-refractivity contribution is 7.13. The van der Waals surface area contributed by atoms with Crippen molar-refractivity contribution in [2.24, 2.45) is 0 Å². The molecule has 3 aromatic rings. The van der Waals surface area contributed by atoms with Crippen molar-refractivity contribution < 1.29 is 0 Å². The van der Waals surface area contributed by atoms with Gasteiger partial charge in [-0.1, -0.05) is 29.5 Å². The summed E-state index contributed by atoms with van der Waals surface area (Å²) in [6.45, 7) is 6.40. The Morgan fingerprint density at radius 2 is 2.17 bits per heavy atom. The molecule has 5 nitrogen and oxygen atoms in total. The minimum atomic E-state index is 0.660. The second kappa shape index (κ2) is 6.83. The predicted octanol–water partition coefficient (Wildman–Crippen LogP) is 3.20. The van der Waals surface area contributed by atoms with Crippen LogP contribution in [-0.2, 0) is 6.54 Å². The molecule has 0 radical (unpaired) electrons. The molecule has 0 unspecified atom stereocenters. The van der Waals surface area contributed by atoms with E-state index in [4.69, 9.17) is 0 Å². The van der Waals surface area contributed by atoms with Gasteiger partial charge in [-0.15, -0.1) is 16.4 Å². The Labute approximate surface area is 146 Å². The third-order valence-corrected chi connectivity index (χ3v) is 5.53. The molecule has 0 N–H and O–H groups in total. The SMILES string of the molecule is Cc1ccccc1[C@@H]1CCN(CCn2cc(-c3nccs3)nn2)C1. The van der Waals surface area contributed by atoms with E-state index in [1.807, 2.05) is 16.3 Å². The Morgan fingerprint density at radius 3 is 3.00 bits per heavy atom. The van der Waals surface area contributed by atoms with E-state index in [1.165, 1.54) is 17.5 Å². The topological polar surface area (TPSA) is 46.8 Å². The Kier molecular flexibility index (Phi) is 4.40. The molecule has 1 aromatic carbocycles. The van der Waals surface area contributed by atoms with Crippen molar-refractivity contribution in [2.75, 3.05) is 19.6 Å². The second-order valence-corrected chi connectivity index (χ2v) is 7.24. The minimum absolute atomic E-state index is 0.660. The van der Waals surface area contributed by atoms with Crippen LogP contribution in [0.2, 0.25) is 0 Å². The molecule has 1 fully saturated rings. The summed E-state index contributed by atoms with van der Waals surface area (Å²) >= 11 is 1.59. The summed E-state index contributed by atoms with van der Waals surface area (Å²) in [6, 6.07) is 8.77. The van der Waals surface area contributed by atoms with Gasteiger partial charge in [-0.25, -0.2) is 4.98 Å². The summed E-state index contributed by atoms with van der Waals surface area (Å²) in [5.41, 5.74) is 3.78. The van der Waals surface area contributed by atoms with Crippen LogP contribution >= 0.6 is 11.3 Å². The quantitative estimate of drug-likeness (QED) is 0.716. The third-order valence-electron chi connectivity index (χ3n) is 4.74. The van der Waals surface area contributed by atoms with E-state index in [9.17, 15) is 0 Å². The lowest BCUT2D eigenvalue weighted by Crippen LogP contribution is -2.25. The summed E-state index contributed by atoms with van der Waals surface area (Å²) in [5.74, 6) is 0.660. The van der Waals surface area contributed by atoms with Crippen molar-refractivity contribution in [3.05, 3.63) is 53.2 Å². The standard InChI is InChI=1S/C18H21N5S/c1-14-4-2-3-5-16(14)15-6-8-22(12-15)9-10-23-13-17(20-21-23)18-19-7-11-24-18/h2-5,7,11,13,15H,6,8-10,12H2,1H3/t15-/m1/s1. The highest BCUT2D eigenvalue weighted by Gasteiger charge is 2.24. The van der Waals surface area contributed by atoms with Crippen LogP contribution < -0.4 is 0 Å². The fourth-order valence-corrected chi connectivity index (χ4v) is 4.02. The van der Waals surface area contributed by atoms with Crippen molar-refractivity contribution in [3.8, 4) is 10.7 Å². The molecule has 0 amide bonds. The van der Waals surface area contributed by atoms with Crippen LogP contribution in [0.15, 0.2) is 42.0 Å². The van der Waals surface area contributed by atoms with Crippen LogP contribution in [-0.4, -0.2) is 44.5 Å². The van der Waals surface area contributed by atoms with Gasteiger partial charge in [0.2, 0.25) is 0 Å². The molecule has 6 heteroatoms. The number of aryl methyl sites for hydroxylation is 1. The van der Waals surface area contributed by atoms with Gasteiger partial charge in [0.25, 0.3) is 0 Å². The van der Waals surface area contributed by atoms with E-state index in [-0.39, 0.29) is 0 Å². The molecule has 2 aromatic heterocycles. The number of hydrogen-bond donors (Lipinski definition) is 0. The van der Waals surface area contributed by atoms with Crippen molar-refractivity contribution >= 4 is 11.3 Å². The van der Waals surface area contributed by atoms with Gasteiger partial charge in [0.1, 0.15) is 10.7 Å². The van der Waals surface area contributed by atoms with Crippen LogP contribution in [0.3, 0.4) is 0 Å². The normalized spacial score (nSPS) is 18.3. The van der Waals surface area contributed by atoms with Crippen LogP contribution in [0, 0.1) is 6.92 Å². The van der Waals surface area contributed by atoms with Gasteiger partial charge in [0, 0.05) is 24.7 Å². The van der Waals surface area contributed by atoms with E-state index in [1.54, 1.807) is 17.5 Å². The highest BCUT2D eigenvalue weighted by atomic mass is 32.1. The molecule has 0 aliphatic carbocycles. The highest BCUT2D eigenvalue weighted by Crippen LogP contribution is 2.29. The summed E-state index contributed by atoms with van der Waals surface area (Å²) in [4.78, 5) is 6.81. The number of likely N-dealkylation sites (tertiary alicyclic amines) is 1. The zero-order valence-corrected chi connectivity index (χ0v) is 14.6. The lowest BCUT2D eigenvalue weighted by atomic mass is 9.94. The fraction of sp³-hybridized carbons (Fsp3) is 0.389. The van der Waals surface area contributed by atoms with Gasteiger partial charge < -0.3 is 4.90 Å². The van der Waals surface area contributed by atoms with E-state index in [0.717, 1.165) is 36.9 Å². The molecular weight excluding hydrogens is 318 g/mol. The first-order valence-corrected chi connectivity index (χ1v) is 9.25. The fourth-order valence-electron chi connectivity index (χ4n) is 3.43. The molecule has 0 bridgehead atoms. The van der Waals surface area contributed by atoms with Crippen LogP contribution in [0.5, 0.6) is 0 Å². The third kappa shape index (κ3) is 3.25. The molecule has 124 valence electrons. The van der Waals surface area contributed by atoms with E-state index in [2.05, 4.69) is 51.4 Å². The van der Waals surface area contributed by atoms with Gasteiger partial charge in [0.15, 0.2) is 0 Å². The monoisotopic (exact) mass is 339 g/mol. The van der Waals surface area contributed by atoms with Gasteiger partial charge in [-0.3, -0.25) is 4.68 Å². The Morgan fingerprint density at radius 1 is 1.25 bits per heavy atom. The maximum atomic E-state index is 4.28. The average molecular weight is 339 g/mol.